The van der Waals surface area contributed by atoms with Crippen molar-refractivity contribution in [1.82, 2.24) is 0 Å². The van der Waals surface area contributed by atoms with Crippen LogP contribution in [0.2, 0.25) is 0 Å². The largest absolute Gasteiger partial charge is 0.490 e. The van der Waals surface area contributed by atoms with Crippen LogP contribution in [-0.4, -0.2) is 17.3 Å². The van der Waals surface area contributed by atoms with Gasteiger partial charge in [-0.25, -0.2) is 4.79 Å². The zero-order chi connectivity index (χ0) is 6.08. The van der Waals surface area contributed by atoms with Crippen molar-refractivity contribution in [2.24, 2.45) is 0 Å². The van der Waals surface area contributed by atoms with Crippen molar-refractivity contribution < 1.29 is 63.9 Å². The van der Waals surface area contributed by atoms with Gasteiger partial charge in [-0.2, -0.15) is 13.2 Å². The van der Waals surface area contributed by atoms with E-state index in [0.29, 0.717) is 0 Å². The molecule has 0 rings (SSSR count). The van der Waals surface area contributed by atoms with Gasteiger partial charge in [-0.1, -0.05) is 0 Å². The first-order valence-electron chi connectivity index (χ1n) is 1.24. The third-order valence-electron chi connectivity index (χ3n) is 0.243. The molecular formula is C2HF3NdO2. The van der Waals surface area contributed by atoms with Gasteiger partial charge in [0.15, 0.2) is 0 Å². The fraction of sp³-hybridized carbons (Fsp3) is 0.500. The summed E-state index contributed by atoms with van der Waals surface area (Å²) < 4.78 is 31.7. The van der Waals surface area contributed by atoms with Crippen LogP contribution in [0.25, 0.3) is 0 Å². The van der Waals surface area contributed by atoms with Gasteiger partial charge in [-0.3, -0.25) is 0 Å². The van der Waals surface area contributed by atoms with Gasteiger partial charge < -0.3 is 5.11 Å². The Kier molecular flexibility index (Phi) is 5.14. The maximum absolute atomic E-state index is 10.6. The molecule has 1 N–H and O–H groups in total. The van der Waals surface area contributed by atoms with E-state index in [-0.39, 0.29) is 40.8 Å². The fourth-order valence-electron chi connectivity index (χ4n) is 0. The quantitative estimate of drug-likeness (QED) is 0.692. The summed E-state index contributed by atoms with van der Waals surface area (Å²) in [4.78, 5) is 8.90. The molecule has 8 heavy (non-hydrogen) atoms. The number of alkyl halides is 3. The average Bonchev–Trinajstić information content (AvgIpc) is 1.31. The van der Waals surface area contributed by atoms with Gasteiger partial charge in [0.1, 0.15) is 0 Å². The number of aliphatic carboxylic acids is 1. The monoisotopic (exact) mass is 256 g/mol. The number of hydrogen-bond donors (Lipinski definition) is 1. The Morgan fingerprint density at radius 2 is 1.50 bits per heavy atom. The molecule has 2 nitrogen and oxygen atoms in total. The van der Waals surface area contributed by atoms with Crippen LogP contribution in [0.3, 0.4) is 0 Å². The van der Waals surface area contributed by atoms with Crippen molar-refractivity contribution in [2.45, 2.75) is 6.18 Å². The van der Waals surface area contributed by atoms with Crippen molar-refractivity contribution in [1.29, 1.82) is 0 Å². The van der Waals surface area contributed by atoms with E-state index >= 15 is 0 Å². The minimum atomic E-state index is -5.08. The molecule has 0 saturated carbocycles. The third-order valence-corrected chi connectivity index (χ3v) is 0.243. The van der Waals surface area contributed by atoms with Crippen molar-refractivity contribution in [3.05, 3.63) is 0 Å². The number of hydrogen-bond acceptors (Lipinski definition) is 1. The SMILES string of the molecule is O=C(O)C(F)(F)F.[Nd]. The van der Waals surface area contributed by atoms with Crippen LogP contribution in [-0.2, 0) is 4.79 Å². The van der Waals surface area contributed by atoms with Gasteiger partial charge >= 0.3 is 12.1 Å². The van der Waals surface area contributed by atoms with E-state index in [9.17, 15) is 13.2 Å². The Hall–Kier alpha value is 0.611. The first kappa shape index (κ1) is 11.4. The second kappa shape index (κ2) is 3.60. The maximum Gasteiger partial charge on any atom is 0.490 e. The molecule has 0 fully saturated rings. The summed E-state index contributed by atoms with van der Waals surface area (Å²) >= 11 is 0. The second-order valence-electron chi connectivity index (χ2n) is 0.803. The molecular weight excluding hydrogens is 257 g/mol. The molecule has 0 heterocycles. The predicted octanol–water partition coefficient (Wildman–Crippen LogP) is 0.633. The molecule has 0 aliphatic rings. The summed E-state index contributed by atoms with van der Waals surface area (Å²) in [7, 11) is 0. The average molecular weight is 258 g/mol. The third kappa shape index (κ3) is 4.76. The first-order chi connectivity index (χ1) is 2.94. The first-order valence-corrected chi connectivity index (χ1v) is 1.24. The van der Waals surface area contributed by atoms with Crippen LogP contribution in [0.1, 0.15) is 0 Å². The molecule has 0 amide bonds. The van der Waals surface area contributed by atoms with E-state index in [0.717, 1.165) is 0 Å². The molecule has 46 valence electrons. The minimum absolute atomic E-state index is 0. The van der Waals surface area contributed by atoms with Gasteiger partial charge in [0, 0.05) is 40.8 Å². The topological polar surface area (TPSA) is 37.3 Å². The Morgan fingerprint density at radius 1 is 1.38 bits per heavy atom. The van der Waals surface area contributed by atoms with Crippen molar-refractivity contribution in [2.75, 3.05) is 0 Å². The predicted molar refractivity (Wildman–Crippen MR) is 13.7 cm³/mol. The van der Waals surface area contributed by atoms with E-state index in [2.05, 4.69) is 0 Å². The summed E-state index contributed by atoms with van der Waals surface area (Å²) in [6, 6.07) is 0. The Morgan fingerprint density at radius 3 is 1.50 bits per heavy atom. The van der Waals surface area contributed by atoms with Crippen molar-refractivity contribution in [3.63, 3.8) is 0 Å². The molecule has 0 aliphatic heterocycles. The summed E-state index contributed by atoms with van der Waals surface area (Å²) in [5, 5.41) is 7.12. The fourth-order valence-corrected chi connectivity index (χ4v) is 0. The van der Waals surface area contributed by atoms with E-state index in [1.807, 2.05) is 0 Å². The van der Waals surface area contributed by atoms with Crippen molar-refractivity contribution in [3.8, 4) is 0 Å². The normalized spacial score (nSPS) is 9.88. The zero-order valence-electron chi connectivity index (χ0n) is 3.49. The number of carboxylic acids is 1. The molecule has 0 aromatic heterocycles. The van der Waals surface area contributed by atoms with Crippen LogP contribution in [0.4, 0.5) is 13.2 Å². The van der Waals surface area contributed by atoms with Crippen LogP contribution < -0.4 is 0 Å². The summed E-state index contributed by atoms with van der Waals surface area (Å²) in [6.45, 7) is 0. The van der Waals surface area contributed by atoms with E-state index in [4.69, 9.17) is 9.90 Å². The van der Waals surface area contributed by atoms with Gasteiger partial charge in [0.25, 0.3) is 0 Å². The molecule has 0 saturated heterocycles. The molecule has 0 unspecified atom stereocenters. The number of rotatable bonds is 0. The minimum Gasteiger partial charge on any atom is -0.475 e. The van der Waals surface area contributed by atoms with Gasteiger partial charge in [-0.05, 0) is 0 Å². The summed E-state index contributed by atoms with van der Waals surface area (Å²) in [5.41, 5.74) is 0. The van der Waals surface area contributed by atoms with Crippen LogP contribution in [0, 0.1) is 40.8 Å². The number of halogens is 3. The molecule has 0 spiro atoms. The van der Waals surface area contributed by atoms with Gasteiger partial charge in [0.2, 0.25) is 0 Å². The number of carbonyl (C=O) groups is 1. The zero-order valence-corrected chi connectivity index (χ0v) is 6.70. The van der Waals surface area contributed by atoms with Crippen LogP contribution >= 0.6 is 0 Å². The van der Waals surface area contributed by atoms with Gasteiger partial charge in [0.05, 0.1) is 0 Å². The Bertz CT molecular complexity index is 87.8. The molecule has 0 aromatic rings. The van der Waals surface area contributed by atoms with Gasteiger partial charge in [-0.15, -0.1) is 0 Å². The Labute approximate surface area is 75.6 Å². The second-order valence-corrected chi connectivity index (χ2v) is 0.803. The van der Waals surface area contributed by atoms with E-state index in [1.165, 1.54) is 0 Å². The molecule has 0 bridgehead atoms. The summed E-state index contributed by atoms with van der Waals surface area (Å²) in [6.07, 6.45) is -5.08. The summed E-state index contributed by atoms with van der Waals surface area (Å²) in [5.74, 6) is -2.76. The molecule has 0 aliphatic carbocycles. The smallest absolute Gasteiger partial charge is 0.475 e. The molecule has 0 atom stereocenters. The molecule has 6 heteroatoms. The molecule has 0 radical (unpaired) electrons. The number of carboxylic acid groups (broad SMARTS) is 1. The van der Waals surface area contributed by atoms with Crippen LogP contribution in [0.5, 0.6) is 0 Å². The van der Waals surface area contributed by atoms with Crippen molar-refractivity contribution >= 4 is 5.97 Å². The van der Waals surface area contributed by atoms with Crippen LogP contribution in [0.15, 0.2) is 0 Å². The van der Waals surface area contributed by atoms with E-state index in [1.54, 1.807) is 0 Å². The molecule has 0 aromatic carbocycles. The maximum atomic E-state index is 10.6. The Balaban J connectivity index is 0. The van der Waals surface area contributed by atoms with E-state index < -0.39 is 12.1 Å². The standard InChI is InChI=1S/C2HF3O2.Nd/c3-2(4,5)1(6)7;/h(H,6,7);.